The van der Waals surface area contributed by atoms with E-state index >= 15 is 0 Å². The molecule has 27 heavy (non-hydrogen) atoms. The van der Waals surface area contributed by atoms with Crippen LogP contribution in [0.4, 0.5) is 16.2 Å². The van der Waals surface area contributed by atoms with Crippen molar-refractivity contribution in [3.63, 3.8) is 0 Å². The Morgan fingerprint density at radius 3 is 2.44 bits per heavy atom. The van der Waals surface area contributed by atoms with Gasteiger partial charge in [0.25, 0.3) is 0 Å². The predicted octanol–water partition coefficient (Wildman–Crippen LogP) is 1.98. The number of ether oxygens (including phenoxy) is 1. The highest BCUT2D eigenvalue weighted by Crippen LogP contribution is 2.30. The number of anilines is 2. The first-order chi connectivity index (χ1) is 12.8. The monoisotopic (exact) mass is 375 g/mol. The summed E-state index contributed by atoms with van der Waals surface area (Å²) in [5, 5.41) is 2.99. The van der Waals surface area contributed by atoms with Gasteiger partial charge in [0.1, 0.15) is 0 Å². The number of rotatable bonds is 4. The second-order valence-electron chi connectivity index (χ2n) is 7.45. The normalized spacial score (nSPS) is 17.1. The summed E-state index contributed by atoms with van der Waals surface area (Å²) >= 11 is 0. The Morgan fingerprint density at radius 2 is 1.85 bits per heavy atom. The van der Waals surface area contributed by atoms with E-state index in [1.807, 2.05) is 31.1 Å². The Labute approximate surface area is 159 Å². The first-order valence-corrected chi connectivity index (χ1v) is 9.30. The summed E-state index contributed by atoms with van der Waals surface area (Å²) < 4.78 is 8.93. The fourth-order valence-electron chi connectivity index (χ4n) is 3.55. The molecule has 1 atom stereocenters. The number of nitrogens with zero attached hydrogens (tertiary/aromatic N) is 4. The summed E-state index contributed by atoms with van der Waals surface area (Å²) in [6, 6.07) is 3.60. The van der Waals surface area contributed by atoms with E-state index in [0.29, 0.717) is 12.2 Å². The zero-order valence-electron chi connectivity index (χ0n) is 16.8. The lowest BCUT2D eigenvalue weighted by atomic mass is 10.1. The molecule has 2 aromatic rings. The van der Waals surface area contributed by atoms with Crippen LogP contribution >= 0.6 is 0 Å². The quantitative estimate of drug-likeness (QED) is 0.887. The van der Waals surface area contributed by atoms with Crippen LogP contribution < -0.4 is 15.9 Å². The van der Waals surface area contributed by atoms with Crippen molar-refractivity contribution in [1.82, 2.24) is 14.0 Å². The number of fused-ring (bicyclic) bond motifs is 1. The molecule has 1 fully saturated rings. The molecule has 1 aliphatic rings. The van der Waals surface area contributed by atoms with Crippen LogP contribution in [0, 0.1) is 0 Å². The molecule has 1 aliphatic heterocycles. The first-order valence-electron chi connectivity index (χ1n) is 9.30. The van der Waals surface area contributed by atoms with Gasteiger partial charge in [0, 0.05) is 48.4 Å². The summed E-state index contributed by atoms with van der Waals surface area (Å²) in [4.78, 5) is 28.5. The maximum atomic E-state index is 12.7. The van der Waals surface area contributed by atoms with Crippen LogP contribution in [0.2, 0.25) is 0 Å². The molecule has 1 saturated heterocycles. The van der Waals surface area contributed by atoms with Crippen molar-refractivity contribution >= 4 is 28.4 Å². The van der Waals surface area contributed by atoms with Gasteiger partial charge < -0.3 is 19.9 Å². The molecule has 1 N–H and O–H groups in total. The van der Waals surface area contributed by atoms with Crippen LogP contribution in [0.1, 0.15) is 19.3 Å². The standard InChI is InChI=1S/C19H29N5O3/c1-21(2)15-11-17-16(23(4)19(26)24(17)5)10-14(15)20-18(25)22(3)12-13-8-6-7-9-27-13/h10-11,13H,6-9,12H2,1-5H3,(H,20,25). The van der Waals surface area contributed by atoms with E-state index in [1.165, 1.54) is 0 Å². The molecule has 8 nitrogen and oxygen atoms in total. The molecule has 8 heteroatoms. The van der Waals surface area contributed by atoms with Gasteiger partial charge in [-0.3, -0.25) is 9.13 Å². The molecule has 0 spiro atoms. The smallest absolute Gasteiger partial charge is 0.328 e. The Kier molecular flexibility index (Phi) is 5.46. The third-order valence-corrected chi connectivity index (χ3v) is 5.21. The van der Waals surface area contributed by atoms with E-state index in [2.05, 4.69) is 5.32 Å². The SMILES string of the molecule is CN(CC1CCCCO1)C(=O)Nc1cc2c(cc1N(C)C)n(C)c(=O)n2C. The van der Waals surface area contributed by atoms with Crippen molar-refractivity contribution in [2.24, 2.45) is 14.1 Å². The second kappa shape index (κ2) is 7.64. The van der Waals surface area contributed by atoms with Crippen LogP contribution in [-0.2, 0) is 18.8 Å². The molecule has 2 amide bonds. The molecule has 1 unspecified atom stereocenters. The van der Waals surface area contributed by atoms with Crippen LogP contribution in [0.15, 0.2) is 16.9 Å². The number of benzene rings is 1. The van der Waals surface area contributed by atoms with Crippen molar-refractivity contribution in [3.8, 4) is 0 Å². The number of hydrogen-bond donors (Lipinski definition) is 1. The summed E-state index contributed by atoms with van der Waals surface area (Å²) in [6.45, 7) is 1.33. The molecular formula is C19H29N5O3. The number of amides is 2. The average molecular weight is 375 g/mol. The molecule has 0 aliphatic carbocycles. The molecule has 1 aromatic heterocycles. The molecule has 0 saturated carbocycles. The minimum absolute atomic E-state index is 0.0928. The molecule has 3 rings (SSSR count). The maximum Gasteiger partial charge on any atom is 0.328 e. The molecule has 2 heterocycles. The maximum absolute atomic E-state index is 12.7. The number of likely N-dealkylation sites (N-methyl/N-ethyl adjacent to an activating group) is 1. The lowest BCUT2D eigenvalue weighted by Gasteiger charge is -2.28. The lowest BCUT2D eigenvalue weighted by molar-refractivity contribution is 0.00464. The number of carbonyl (C=O) groups excluding carboxylic acids is 1. The van der Waals surface area contributed by atoms with Gasteiger partial charge in [0.05, 0.1) is 28.5 Å². The number of urea groups is 1. The van der Waals surface area contributed by atoms with Gasteiger partial charge in [-0.2, -0.15) is 0 Å². The fraction of sp³-hybridized carbons (Fsp3) is 0.579. The Balaban J connectivity index is 1.86. The summed E-state index contributed by atoms with van der Waals surface area (Å²) in [5.74, 6) is 0. The van der Waals surface area contributed by atoms with E-state index in [-0.39, 0.29) is 17.8 Å². The van der Waals surface area contributed by atoms with Gasteiger partial charge in [-0.25, -0.2) is 9.59 Å². The van der Waals surface area contributed by atoms with E-state index < -0.39 is 0 Å². The Hall–Kier alpha value is -2.48. The summed E-state index contributed by atoms with van der Waals surface area (Å²) in [7, 11) is 9.09. The Bertz CT molecular complexity index is 893. The highest BCUT2D eigenvalue weighted by Gasteiger charge is 2.21. The minimum Gasteiger partial charge on any atom is -0.376 e. The molecule has 1 aromatic carbocycles. The van der Waals surface area contributed by atoms with Gasteiger partial charge in [-0.1, -0.05) is 0 Å². The van der Waals surface area contributed by atoms with Crippen molar-refractivity contribution in [3.05, 3.63) is 22.6 Å². The number of nitrogens with one attached hydrogen (secondary N) is 1. The molecule has 0 bridgehead atoms. The van der Waals surface area contributed by atoms with E-state index in [0.717, 1.165) is 42.6 Å². The number of carbonyl (C=O) groups is 1. The number of aryl methyl sites for hydroxylation is 2. The third-order valence-electron chi connectivity index (χ3n) is 5.21. The molecule has 148 valence electrons. The predicted molar refractivity (Wildman–Crippen MR) is 108 cm³/mol. The summed E-state index contributed by atoms with van der Waals surface area (Å²) in [5.41, 5.74) is 3.04. The largest absolute Gasteiger partial charge is 0.376 e. The first kappa shape index (κ1) is 19.3. The van der Waals surface area contributed by atoms with Gasteiger partial charge >= 0.3 is 11.7 Å². The van der Waals surface area contributed by atoms with Crippen LogP contribution in [0.5, 0.6) is 0 Å². The van der Waals surface area contributed by atoms with E-state index in [1.54, 1.807) is 35.2 Å². The number of aromatic nitrogens is 2. The Morgan fingerprint density at radius 1 is 1.19 bits per heavy atom. The minimum atomic E-state index is -0.187. The third kappa shape index (κ3) is 3.80. The zero-order valence-corrected chi connectivity index (χ0v) is 16.8. The van der Waals surface area contributed by atoms with Crippen molar-refractivity contribution < 1.29 is 9.53 Å². The van der Waals surface area contributed by atoms with Crippen molar-refractivity contribution in [2.75, 3.05) is 44.5 Å². The zero-order chi connectivity index (χ0) is 19.7. The lowest BCUT2D eigenvalue weighted by Crippen LogP contribution is -2.39. The fourth-order valence-corrected chi connectivity index (χ4v) is 3.55. The van der Waals surface area contributed by atoms with Crippen LogP contribution in [0.25, 0.3) is 11.0 Å². The van der Waals surface area contributed by atoms with Crippen molar-refractivity contribution in [2.45, 2.75) is 25.4 Å². The molecule has 0 radical (unpaired) electrons. The van der Waals surface area contributed by atoms with Gasteiger partial charge in [0.2, 0.25) is 0 Å². The van der Waals surface area contributed by atoms with Crippen molar-refractivity contribution in [1.29, 1.82) is 0 Å². The van der Waals surface area contributed by atoms with Gasteiger partial charge in [-0.05, 0) is 31.4 Å². The van der Waals surface area contributed by atoms with E-state index in [4.69, 9.17) is 4.74 Å². The van der Waals surface area contributed by atoms with E-state index in [9.17, 15) is 9.59 Å². The van der Waals surface area contributed by atoms with Gasteiger partial charge in [-0.15, -0.1) is 0 Å². The molecular weight excluding hydrogens is 346 g/mol. The highest BCUT2D eigenvalue weighted by atomic mass is 16.5. The van der Waals surface area contributed by atoms with Gasteiger partial charge in [0.15, 0.2) is 0 Å². The second-order valence-corrected chi connectivity index (χ2v) is 7.45. The van der Waals surface area contributed by atoms with Crippen LogP contribution in [-0.4, -0.2) is 60.5 Å². The highest BCUT2D eigenvalue weighted by molar-refractivity contribution is 5.97. The van der Waals surface area contributed by atoms with Crippen LogP contribution in [0.3, 0.4) is 0 Å². The number of imidazole rings is 1. The number of hydrogen-bond acceptors (Lipinski definition) is 4. The topological polar surface area (TPSA) is 71.7 Å². The summed E-state index contributed by atoms with van der Waals surface area (Å²) in [6.07, 6.45) is 3.32. The average Bonchev–Trinajstić information content (AvgIpc) is 2.85.